The molecule has 86 valence electrons. The van der Waals surface area contributed by atoms with Gasteiger partial charge in [-0.3, -0.25) is 0 Å². The normalized spacial score (nSPS) is 11.2. The summed E-state index contributed by atoms with van der Waals surface area (Å²) in [5.41, 5.74) is 1.18. The Labute approximate surface area is 98.7 Å². The number of nitrogens with one attached hydrogen (secondary N) is 1. The van der Waals surface area contributed by atoms with Crippen LogP contribution in [0.25, 0.3) is 10.8 Å². The van der Waals surface area contributed by atoms with Crippen LogP contribution in [-0.2, 0) is 6.54 Å². The first kappa shape index (κ1) is 11.3. The molecule has 0 radical (unpaired) electrons. The molecule has 0 saturated carbocycles. The average molecular weight is 237 g/mol. The molecule has 0 fully saturated rings. The van der Waals surface area contributed by atoms with Gasteiger partial charge in [-0.2, -0.15) is 4.98 Å². The molecule has 2 rings (SSSR count). The Bertz CT molecular complexity index is 461. The maximum atomic E-state index is 5.23. The van der Waals surface area contributed by atoms with Crippen LogP contribution in [-0.4, -0.2) is 16.2 Å². The van der Waals surface area contributed by atoms with Crippen LogP contribution in [0.4, 0.5) is 0 Å². The highest BCUT2D eigenvalue weighted by molar-refractivity contribution is 7.13. The fourth-order valence-electron chi connectivity index (χ4n) is 1.31. The van der Waals surface area contributed by atoms with E-state index in [1.165, 1.54) is 5.56 Å². The van der Waals surface area contributed by atoms with E-state index in [1.807, 2.05) is 12.3 Å². The highest BCUT2D eigenvalue weighted by Gasteiger charge is 2.12. The minimum absolute atomic E-state index is 0.422. The number of nitrogens with zero attached hydrogens (tertiary/aromatic N) is 2. The molecule has 2 heterocycles. The first-order chi connectivity index (χ1) is 7.66. The molecule has 16 heavy (non-hydrogen) atoms. The van der Waals surface area contributed by atoms with E-state index in [1.54, 1.807) is 11.3 Å². The molecule has 2 aromatic heterocycles. The zero-order chi connectivity index (χ0) is 11.5. The molecule has 5 heteroatoms. The van der Waals surface area contributed by atoms with Crippen LogP contribution in [0.15, 0.2) is 16.0 Å². The van der Waals surface area contributed by atoms with Crippen molar-refractivity contribution in [2.24, 2.45) is 0 Å². The summed E-state index contributed by atoms with van der Waals surface area (Å²) in [5, 5.41) is 9.23. The van der Waals surface area contributed by atoms with Gasteiger partial charge in [0.25, 0.3) is 5.89 Å². The lowest BCUT2D eigenvalue weighted by atomic mass is 10.3. The molecule has 0 atom stereocenters. The van der Waals surface area contributed by atoms with E-state index in [0.29, 0.717) is 24.3 Å². The summed E-state index contributed by atoms with van der Waals surface area (Å²) in [6.45, 7) is 6.86. The third-order valence-electron chi connectivity index (χ3n) is 2.19. The minimum atomic E-state index is 0.422. The van der Waals surface area contributed by atoms with Crippen LogP contribution in [0.1, 0.15) is 25.2 Å². The lowest BCUT2D eigenvalue weighted by Crippen LogP contribution is -2.22. The summed E-state index contributed by atoms with van der Waals surface area (Å²) in [5.74, 6) is 1.32. The summed E-state index contributed by atoms with van der Waals surface area (Å²) in [4.78, 5) is 5.41. The predicted octanol–water partition coefficient (Wildman–Crippen LogP) is 2.60. The van der Waals surface area contributed by atoms with Crippen LogP contribution in [0, 0.1) is 6.92 Å². The molecular formula is C11H15N3OS. The molecule has 0 amide bonds. The quantitative estimate of drug-likeness (QED) is 0.888. The highest BCUT2D eigenvalue weighted by atomic mass is 32.1. The number of thiophene rings is 1. The number of hydrogen-bond donors (Lipinski definition) is 1. The Morgan fingerprint density at radius 3 is 2.94 bits per heavy atom. The van der Waals surface area contributed by atoms with Crippen molar-refractivity contribution in [1.82, 2.24) is 15.5 Å². The fourth-order valence-corrected chi connectivity index (χ4v) is 2.15. The lowest BCUT2D eigenvalue weighted by molar-refractivity contribution is 0.418. The Morgan fingerprint density at radius 2 is 2.31 bits per heavy atom. The second-order valence-corrected chi connectivity index (χ2v) is 4.90. The van der Waals surface area contributed by atoms with Crippen LogP contribution in [0.5, 0.6) is 0 Å². The summed E-state index contributed by atoms with van der Waals surface area (Å²) in [7, 11) is 0. The van der Waals surface area contributed by atoms with Gasteiger partial charge in [-0.25, -0.2) is 0 Å². The molecule has 0 saturated heterocycles. The van der Waals surface area contributed by atoms with Crippen molar-refractivity contribution in [3.05, 3.63) is 22.8 Å². The summed E-state index contributed by atoms with van der Waals surface area (Å²) < 4.78 is 5.23. The summed E-state index contributed by atoms with van der Waals surface area (Å²) >= 11 is 1.62. The molecule has 0 aliphatic carbocycles. The van der Waals surface area contributed by atoms with Crippen molar-refractivity contribution in [2.75, 3.05) is 0 Å². The smallest absolute Gasteiger partial charge is 0.268 e. The maximum absolute atomic E-state index is 5.23. The van der Waals surface area contributed by atoms with Gasteiger partial charge in [-0.15, -0.1) is 11.3 Å². The third kappa shape index (κ3) is 2.48. The SMILES string of the molecule is Cc1ccsc1-c1nc(CNC(C)C)no1. The van der Waals surface area contributed by atoms with E-state index in [0.717, 1.165) is 4.88 Å². The number of aryl methyl sites for hydroxylation is 1. The van der Waals surface area contributed by atoms with E-state index in [-0.39, 0.29) is 0 Å². The van der Waals surface area contributed by atoms with Gasteiger partial charge in [0.15, 0.2) is 5.82 Å². The topological polar surface area (TPSA) is 51.0 Å². The lowest BCUT2D eigenvalue weighted by Gasteiger charge is -2.03. The van der Waals surface area contributed by atoms with Crippen molar-refractivity contribution >= 4 is 11.3 Å². The van der Waals surface area contributed by atoms with Gasteiger partial charge >= 0.3 is 0 Å². The van der Waals surface area contributed by atoms with Crippen molar-refractivity contribution < 1.29 is 4.52 Å². The van der Waals surface area contributed by atoms with E-state index >= 15 is 0 Å². The Kier molecular flexibility index (Phi) is 3.36. The van der Waals surface area contributed by atoms with E-state index in [9.17, 15) is 0 Å². The highest BCUT2D eigenvalue weighted by Crippen LogP contribution is 2.27. The second kappa shape index (κ2) is 4.76. The van der Waals surface area contributed by atoms with Gasteiger partial charge in [0.1, 0.15) is 0 Å². The predicted molar refractivity (Wildman–Crippen MR) is 64.3 cm³/mol. The van der Waals surface area contributed by atoms with Crippen molar-refractivity contribution in [3.63, 3.8) is 0 Å². The third-order valence-corrected chi connectivity index (χ3v) is 3.20. The average Bonchev–Trinajstić information content (AvgIpc) is 2.83. The first-order valence-corrected chi connectivity index (χ1v) is 6.15. The number of rotatable bonds is 4. The van der Waals surface area contributed by atoms with Crippen LogP contribution < -0.4 is 5.32 Å². The molecule has 1 N–H and O–H groups in total. The van der Waals surface area contributed by atoms with E-state index in [4.69, 9.17) is 4.52 Å². The molecule has 0 aliphatic heterocycles. The first-order valence-electron chi connectivity index (χ1n) is 5.27. The monoisotopic (exact) mass is 237 g/mol. The molecule has 0 aliphatic rings. The van der Waals surface area contributed by atoms with Gasteiger partial charge < -0.3 is 9.84 Å². The molecule has 0 unspecified atom stereocenters. The van der Waals surface area contributed by atoms with Gasteiger partial charge in [0.05, 0.1) is 11.4 Å². The van der Waals surface area contributed by atoms with E-state index in [2.05, 4.69) is 35.4 Å². The van der Waals surface area contributed by atoms with Gasteiger partial charge in [0, 0.05) is 6.04 Å². The number of hydrogen-bond acceptors (Lipinski definition) is 5. The zero-order valence-electron chi connectivity index (χ0n) is 9.65. The van der Waals surface area contributed by atoms with Crippen LogP contribution >= 0.6 is 11.3 Å². The largest absolute Gasteiger partial charge is 0.333 e. The number of aromatic nitrogens is 2. The van der Waals surface area contributed by atoms with Crippen LogP contribution in [0.3, 0.4) is 0 Å². The Hall–Kier alpha value is -1.20. The summed E-state index contributed by atoms with van der Waals surface area (Å²) in [6, 6.07) is 2.47. The maximum Gasteiger partial charge on any atom is 0.268 e. The summed E-state index contributed by atoms with van der Waals surface area (Å²) in [6.07, 6.45) is 0. The fraction of sp³-hybridized carbons (Fsp3) is 0.455. The molecule has 2 aromatic rings. The minimum Gasteiger partial charge on any atom is -0.333 e. The van der Waals surface area contributed by atoms with Gasteiger partial charge in [0.2, 0.25) is 0 Å². The zero-order valence-corrected chi connectivity index (χ0v) is 10.5. The Morgan fingerprint density at radius 1 is 1.50 bits per heavy atom. The van der Waals surface area contributed by atoms with Crippen molar-refractivity contribution in [1.29, 1.82) is 0 Å². The van der Waals surface area contributed by atoms with Gasteiger partial charge in [-0.1, -0.05) is 19.0 Å². The molecule has 0 spiro atoms. The molecular weight excluding hydrogens is 222 g/mol. The van der Waals surface area contributed by atoms with E-state index < -0.39 is 0 Å². The molecule has 0 bridgehead atoms. The second-order valence-electron chi connectivity index (χ2n) is 3.98. The molecule has 0 aromatic carbocycles. The Balaban J connectivity index is 2.11. The standard InChI is InChI=1S/C11H15N3OS/c1-7(2)12-6-9-13-11(15-14-9)10-8(3)4-5-16-10/h4-5,7,12H,6H2,1-3H3. The van der Waals surface area contributed by atoms with Crippen molar-refractivity contribution in [2.45, 2.75) is 33.4 Å². The van der Waals surface area contributed by atoms with Gasteiger partial charge in [-0.05, 0) is 23.9 Å². The van der Waals surface area contributed by atoms with Crippen LogP contribution in [0.2, 0.25) is 0 Å². The molecule has 4 nitrogen and oxygen atoms in total. The van der Waals surface area contributed by atoms with Crippen molar-refractivity contribution in [3.8, 4) is 10.8 Å².